The first-order valence-electron chi connectivity index (χ1n) is 6.41. The highest BCUT2D eigenvalue weighted by molar-refractivity contribution is 4.97. The van der Waals surface area contributed by atoms with E-state index in [2.05, 4.69) is 13.0 Å². The lowest BCUT2D eigenvalue weighted by Crippen LogP contribution is -2.47. The molecule has 16 heavy (non-hydrogen) atoms. The van der Waals surface area contributed by atoms with Gasteiger partial charge in [0.05, 0.1) is 11.2 Å². The Labute approximate surface area is 100 Å². The Hall–Kier alpha value is -0.340. The minimum atomic E-state index is -1.06. The van der Waals surface area contributed by atoms with Gasteiger partial charge in [0, 0.05) is 0 Å². The lowest BCUT2D eigenvalue weighted by molar-refractivity contribution is -0.117. The second-order valence-electron chi connectivity index (χ2n) is 5.36. The van der Waals surface area contributed by atoms with E-state index in [1.165, 1.54) is 25.7 Å². The number of hydrogen-bond acceptors (Lipinski definition) is 2. The maximum absolute atomic E-state index is 9.99. The van der Waals surface area contributed by atoms with E-state index in [0.29, 0.717) is 6.42 Å². The van der Waals surface area contributed by atoms with Gasteiger partial charge in [-0.15, -0.1) is 0 Å². The van der Waals surface area contributed by atoms with Crippen molar-refractivity contribution in [3.63, 3.8) is 0 Å². The molecule has 2 nitrogen and oxygen atoms in total. The molecule has 0 aromatic carbocycles. The highest BCUT2D eigenvalue weighted by Crippen LogP contribution is 2.25. The summed E-state index contributed by atoms with van der Waals surface area (Å²) in [6.45, 7) is 7.16. The highest BCUT2D eigenvalue weighted by atomic mass is 16.3. The third-order valence-corrected chi connectivity index (χ3v) is 3.22. The summed E-state index contributed by atoms with van der Waals surface area (Å²) in [4.78, 5) is 0. The maximum Gasteiger partial charge on any atom is 0.0934 e. The molecular weight excluding hydrogens is 200 g/mol. The Morgan fingerprint density at radius 3 is 2.06 bits per heavy atom. The van der Waals surface area contributed by atoms with E-state index < -0.39 is 11.2 Å². The van der Waals surface area contributed by atoms with Crippen molar-refractivity contribution in [2.45, 2.75) is 77.4 Å². The third-order valence-electron chi connectivity index (χ3n) is 3.22. The SMILES string of the molecule is CCCCCCC=CCC(C)(O)C(C)(C)O. The lowest BCUT2D eigenvalue weighted by atomic mass is 9.85. The van der Waals surface area contributed by atoms with E-state index in [1.807, 2.05) is 6.08 Å². The first-order chi connectivity index (χ1) is 7.31. The zero-order valence-corrected chi connectivity index (χ0v) is 11.3. The van der Waals surface area contributed by atoms with Crippen molar-refractivity contribution in [3.8, 4) is 0 Å². The molecule has 0 saturated carbocycles. The summed E-state index contributed by atoms with van der Waals surface area (Å²) in [5.74, 6) is 0. The van der Waals surface area contributed by atoms with Gasteiger partial charge in [0.1, 0.15) is 0 Å². The number of unbranched alkanes of at least 4 members (excludes halogenated alkanes) is 4. The van der Waals surface area contributed by atoms with Crippen molar-refractivity contribution in [1.82, 2.24) is 0 Å². The molecular formula is C14H28O2. The minimum absolute atomic E-state index is 0.504. The van der Waals surface area contributed by atoms with Crippen molar-refractivity contribution >= 4 is 0 Å². The molecule has 0 aromatic heterocycles. The Morgan fingerprint density at radius 1 is 0.938 bits per heavy atom. The van der Waals surface area contributed by atoms with Gasteiger partial charge < -0.3 is 10.2 Å². The van der Waals surface area contributed by atoms with Crippen LogP contribution in [0.1, 0.15) is 66.2 Å². The van der Waals surface area contributed by atoms with Crippen LogP contribution in [-0.4, -0.2) is 21.4 Å². The van der Waals surface area contributed by atoms with Crippen molar-refractivity contribution in [3.05, 3.63) is 12.2 Å². The molecule has 0 heterocycles. The van der Waals surface area contributed by atoms with Gasteiger partial charge in [-0.25, -0.2) is 0 Å². The van der Waals surface area contributed by atoms with E-state index in [-0.39, 0.29) is 0 Å². The molecule has 0 saturated heterocycles. The fourth-order valence-electron chi connectivity index (χ4n) is 1.37. The normalized spacial score (nSPS) is 16.6. The molecule has 1 unspecified atom stereocenters. The first-order valence-corrected chi connectivity index (χ1v) is 6.41. The standard InChI is InChI=1S/C14H28O2/c1-5-6-7-8-9-10-11-12-14(4,16)13(2,3)15/h10-11,15-16H,5-9,12H2,1-4H3. The minimum Gasteiger partial charge on any atom is -0.387 e. The fraction of sp³-hybridized carbons (Fsp3) is 0.857. The molecule has 0 rings (SSSR count). The van der Waals surface area contributed by atoms with Crippen LogP contribution in [0.15, 0.2) is 12.2 Å². The molecule has 0 aliphatic carbocycles. The van der Waals surface area contributed by atoms with E-state index in [1.54, 1.807) is 20.8 Å². The van der Waals surface area contributed by atoms with E-state index in [4.69, 9.17) is 0 Å². The molecule has 2 N–H and O–H groups in total. The maximum atomic E-state index is 9.99. The van der Waals surface area contributed by atoms with Gasteiger partial charge in [-0.2, -0.15) is 0 Å². The molecule has 0 radical (unpaired) electrons. The Bertz CT molecular complexity index is 199. The number of aliphatic hydroxyl groups is 2. The summed E-state index contributed by atoms with van der Waals surface area (Å²) in [5.41, 5.74) is -2.10. The van der Waals surface area contributed by atoms with E-state index in [9.17, 15) is 10.2 Å². The zero-order chi connectivity index (χ0) is 12.7. The van der Waals surface area contributed by atoms with Gasteiger partial charge in [0.2, 0.25) is 0 Å². The smallest absolute Gasteiger partial charge is 0.0934 e. The van der Waals surface area contributed by atoms with Crippen LogP contribution in [0.2, 0.25) is 0 Å². The number of rotatable bonds is 8. The van der Waals surface area contributed by atoms with E-state index in [0.717, 1.165) is 6.42 Å². The molecule has 0 aromatic rings. The molecule has 0 aliphatic heterocycles. The molecule has 0 aliphatic rings. The molecule has 0 amide bonds. The average molecular weight is 228 g/mol. The molecule has 0 bridgehead atoms. The Balaban J connectivity index is 3.75. The van der Waals surface area contributed by atoms with Crippen LogP contribution in [0.5, 0.6) is 0 Å². The summed E-state index contributed by atoms with van der Waals surface area (Å²) >= 11 is 0. The average Bonchev–Trinajstić information content (AvgIpc) is 2.14. The van der Waals surface area contributed by atoms with Gasteiger partial charge in [-0.05, 0) is 40.0 Å². The lowest BCUT2D eigenvalue weighted by Gasteiger charge is -2.34. The van der Waals surface area contributed by atoms with Crippen LogP contribution in [0.4, 0.5) is 0 Å². The third kappa shape index (κ3) is 6.29. The van der Waals surface area contributed by atoms with Crippen LogP contribution >= 0.6 is 0 Å². The molecule has 0 spiro atoms. The summed E-state index contributed by atoms with van der Waals surface area (Å²) in [5, 5.41) is 19.7. The second kappa shape index (κ2) is 7.08. The number of allylic oxidation sites excluding steroid dienone is 1. The van der Waals surface area contributed by atoms with Gasteiger partial charge in [-0.3, -0.25) is 0 Å². The van der Waals surface area contributed by atoms with Gasteiger partial charge in [0.25, 0.3) is 0 Å². The van der Waals surface area contributed by atoms with Crippen LogP contribution < -0.4 is 0 Å². The summed E-state index contributed by atoms with van der Waals surface area (Å²) in [7, 11) is 0. The fourth-order valence-corrected chi connectivity index (χ4v) is 1.37. The Kier molecular flexibility index (Phi) is 6.93. The van der Waals surface area contributed by atoms with Crippen LogP contribution in [0.25, 0.3) is 0 Å². The van der Waals surface area contributed by atoms with Crippen LogP contribution in [0.3, 0.4) is 0 Å². The summed E-state index contributed by atoms with van der Waals surface area (Å²) in [6.07, 6.45) is 10.7. The largest absolute Gasteiger partial charge is 0.387 e. The molecule has 2 heteroatoms. The molecule has 1 atom stereocenters. The first kappa shape index (κ1) is 15.7. The quantitative estimate of drug-likeness (QED) is 0.493. The monoisotopic (exact) mass is 228 g/mol. The summed E-state index contributed by atoms with van der Waals surface area (Å²) in [6, 6.07) is 0. The van der Waals surface area contributed by atoms with Gasteiger partial charge in [0.15, 0.2) is 0 Å². The van der Waals surface area contributed by atoms with Crippen molar-refractivity contribution in [2.24, 2.45) is 0 Å². The summed E-state index contributed by atoms with van der Waals surface area (Å²) < 4.78 is 0. The van der Waals surface area contributed by atoms with Crippen LogP contribution in [-0.2, 0) is 0 Å². The van der Waals surface area contributed by atoms with Crippen LogP contribution in [0, 0.1) is 0 Å². The predicted octanol–water partition coefficient (Wildman–Crippen LogP) is 3.43. The Morgan fingerprint density at radius 2 is 1.56 bits per heavy atom. The van der Waals surface area contributed by atoms with Gasteiger partial charge in [-0.1, -0.05) is 38.3 Å². The molecule has 0 fully saturated rings. The van der Waals surface area contributed by atoms with Crippen molar-refractivity contribution in [1.29, 1.82) is 0 Å². The predicted molar refractivity (Wildman–Crippen MR) is 69.4 cm³/mol. The van der Waals surface area contributed by atoms with Crippen molar-refractivity contribution < 1.29 is 10.2 Å². The highest BCUT2D eigenvalue weighted by Gasteiger charge is 2.36. The number of hydrogen-bond donors (Lipinski definition) is 2. The zero-order valence-electron chi connectivity index (χ0n) is 11.3. The second-order valence-corrected chi connectivity index (χ2v) is 5.36. The van der Waals surface area contributed by atoms with E-state index >= 15 is 0 Å². The molecule has 96 valence electrons. The topological polar surface area (TPSA) is 40.5 Å². The van der Waals surface area contributed by atoms with Crippen molar-refractivity contribution in [2.75, 3.05) is 0 Å². The van der Waals surface area contributed by atoms with Gasteiger partial charge >= 0.3 is 0 Å².